The number of piperazine rings is 1. The Morgan fingerprint density at radius 3 is 2.40 bits per heavy atom. The van der Waals surface area contributed by atoms with E-state index >= 15 is 0 Å². The lowest BCUT2D eigenvalue weighted by atomic mass is 10.3. The summed E-state index contributed by atoms with van der Waals surface area (Å²) >= 11 is 0. The number of ether oxygens (including phenoxy) is 1. The van der Waals surface area contributed by atoms with Crippen molar-refractivity contribution in [3.05, 3.63) is 18.3 Å². The molecule has 0 bridgehead atoms. The van der Waals surface area contributed by atoms with Crippen molar-refractivity contribution in [2.45, 2.75) is 13.8 Å². The summed E-state index contributed by atoms with van der Waals surface area (Å²) in [5.41, 5.74) is 0.630. The first-order valence-corrected chi connectivity index (χ1v) is 8.63. The number of anilines is 1. The number of pyridine rings is 1. The van der Waals surface area contributed by atoms with Gasteiger partial charge in [0.15, 0.2) is 0 Å². The van der Waals surface area contributed by atoms with E-state index in [-0.39, 0.29) is 11.9 Å². The van der Waals surface area contributed by atoms with Gasteiger partial charge in [0.2, 0.25) is 11.8 Å². The number of urea groups is 1. The van der Waals surface area contributed by atoms with E-state index in [9.17, 15) is 9.59 Å². The molecule has 0 saturated carbocycles. The van der Waals surface area contributed by atoms with Gasteiger partial charge in [-0.2, -0.15) is 0 Å². The molecule has 1 aromatic rings. The van der Waals surface area contributed by atoms with Gasteiger partial charge in [0.05, 0.1) is 25.5 Å². The fourth-order valence-electron chi connectivity index (χ4n) is 2.75. The fraction of sp³-hybridized carbons (Fsp3) is 0.588. The van der Waals surface area contributed by atoms with Crippen LogP contribution in [0, 0.1) is 0 Å². The van der Waals surface area contributed by atoms with Crippen LogP contribution in [0.15, 0.2) is 18.3 Å². The molecule has 1 aliphatic rings. The third-order valence-electron chi connectivity index (χ3n) is 4.33. The zero-order chi connectivity index (χ0) is 18.2. The van der Waals surface area contributed by atoms with Crippen LogP contribution in [0.1, 0.15) is 13.8 Å². The van der Waals surface area contributed by atoms with Crippen LogP contribution in [-0.4, -0.2) is 84.5 Å². The van der Waals surface area contributed by atoms with Crippen molar-refractivity contribution < 1.29 is 14.3 Å². The summed E-state index contributed by atoms with van der Waals surface area (Å²) in [5.74, 6) is 0.650. The highest BCUT2D eigenvalue weighted by atomic mass is 16.5. The number of amides is 3. The van der Waals surface area contributed by atoms with Gasteiger partial charge in [0.25, 0.3) is 0 Å². The number of carbonyl (C=O) groups excluding carboxylic acids is 2. The Balaban J connectivity index is 1.78. The number of hydrogen-bond donors (Lipinski definition) is 1. The van der Waals surface area contributed by atoms with Crippen LogP contribution in [0.5, 0.6) is 5.88 Å². The van der Waals surface area contributed by atoms with Crippen molar-refractivity contribution >= 4 is 17.6 Å². The molecule has 3 amide bonds. The Labute approximate surface area is 148 Å². The second kappa shape index (κ2) is 9.22. The SMILES string of the molecule is CCN(CC)C(=O)CN1CCN(C(=O)Nc2ccc(OC)nc2)CC1. The Morgan fingerprint density at radius 2 is 1.88 bits per heavy atom. The van der Waals surface area contributed by atoms with E-state index in [0.29, 0.717) is 44.3 Å². The molecule has 1 N–H and O–H groups in total. The summed E-state index contributed by atoms with van der Waals surface area (Å²) in [6, 6.07) is 3.30. The van der Waals surface area contributed by atoms with Crippen LogP contribution in [0.25, 0.3) is 0 Å². The minimum Gasteiger partial charge on any atom is -0.481 e. The van der Waals surface area contributed by atoms with Gasteiger partial charge in [-0.25, -0.2) is 9.78 Å². The number of nitrogens with one attached hydrogen (secondary N) is 1. The minimum atomic E-state index is -0.151. The third kappa shape index (κ3) is 5.32. The first-order chi connectivity index (χ1) is 12.1. The van der Waals surface area contributed by atoms with Crippen molar-refractivity contribution in [1.82, 2.24) is 19.7 Å². The maximum Gasteiger partial charge on any atom is 0.321 e. The van der Waals surface area contributed by atoms with Crippen molar-refractivity contribution in [1.29, 1.82) is 0 Å². The van der Waals surface area contributed by atoms with Gasteiger partial charge in [-0.15, -0.1) is 0 Å². The number of hydrogen-bond acceptors (Lipinski definition) is 5. The lowest BCUT2D eigenvalue weighted by Crippen LogP contribution is -2.52. The summed E-state index contributed by atoms with van der Waals surface area (Å²) in [6.45, 7) is 8.43. The molecule has 1 aromatic heterocycles. The molecule has 1 aliphatic heterocycles. The van der Waals surface area contributed by atoms with Crippen molar-refractivity contribution in [2.75, 3.05) is 58.2 Å². The Kier molecular flexibility index (Phi) is 7.00. The molecule has 0 aromatic carbocycles. The monoisotopic (exact) mass is 349 g/mol. The first kappa shape index (κ1) is 19.0. The molecule has 8 nitrogen and oxygen atoms in total. The summed E-state index contributed by atoms with van der Waals surface area (Å²) in [4.78, 5) is 34.2. The summed E-state index contributed by atoms with van der Waals surface area (Å²) in [7, 11) is 1.55. The molecular weight excluding hydrogens is 322 g/mol. The number of carbonyl (C=O) groups is 2. The smallest absolute Gasteiger partial charge is 0.321 e. The normalized spacial score (nSPS) is 14.9. The molecule has 0 aliphatic carbocycles. The third-order valence-corrected chi connectivity index (χ3v) is 4.33. The molecule has 0 spiro atoms. The number of nitrogens with zero attached hydrogens (tertiary/aromatic N) is 4. The molecule has 1 saturated heterocycles. The molecule has 0 radical (unpaired) electrons. The van der Waals surface area contributed by atoms with Gasteiger partial charge in [-0.05, 0) is 19.9 Å². The Hall–Kier alpha value is -2.35. The van der Waals surface area contributed by atoms with Crippen LogP contribution in [0.3, 0.4) is 0 Å². The molecule has 2 heterocycles. The Morgan fingerprint density at radius 1 is 1.20 bits per heavy atom. The quantitative estimate of drug-likeness (QED) is 0.832. The van der Waals surface area contributed by atoms with Crippen molar-refractivity contribution in [3.8, 4) is 5.88 Å². The highest BCUT2D eigenvalue weighted by Crippen LogP contribution is 2.12. The second-order valence-corrected chi connectivity index (χ2v) is 5.85. The van der Waals surface area contributed by atoms with E-state index in [1.54, 1.807) is 30.3 Å². The van der Waals surface area contributed by atoms with Gasteiger partial charge in [0, 0.05) is 45.3 Å². The van der Waals surface area contributed by atoms with E-state index in [1.807, 2.05) is 18.7 Å². The number of aromatic nitrogens is 1. The van der Waals surface area contributed by atoms with Crippen molar-refractivity contribution in [3.63, 3.8) is 0 Å². The molecule has 0 unspecified atom stereocenters. The van der Waals surface area contributed by atoms with E-state index in [4.69, 9.17) is 4.74 Å². The van der Waals surface area contributed by atoms with Crippen LogP contribution in [0.4, 0.5) is 10.5 Å². The highest BCUT2D eigenvalue weighted by molar-refractivity contribution is 5.89. The average Bonchev–Trinajstić information content (AvgIpc) is 2.64. The molecule has 138 valence electrons. The predicted molar refractivity (Wildman–Crippen MR) is 95.7 cm³/mol. The minimum absolute atomic E-state index is 0.146. The van der Waals surface area contributed by atoms with Gasteiger partial charge in [-0.3, -0.25) is 9.69 Å². The van der Waals surface area contributed by atoms with E-state index in [2.05, 4.69) is 15.2 Å². The standard InChI is InChI=1S/C17H27N5O3/c1-4-21(5-2)16(23)13-20-8-10-22(11-9-20)17(24)19-14-6-7-15(25-3)18-12-14/h6-7,12H,4-5,8-11,13H2,1-3H3,(H,19,24). The molecule has 0 atom stereocenters. The van der Waals surface area contributed by atoms with Crippen LogP contribution in [-0.2, 0) is 4.79 Å². The average molecular weight is 349 g/mol. The summed E-state index contributed by atoms with van der Waals surface area (Å²) < 4.78 is 5.00. The van der Waals surface area contributed by atoms with E-state index in [0.717, 1.165) is 13.1 Å². The second-order valence-electron chi connectivity index (χ2n) is 5.85. The van der Waals surface area contributed by atoms with Crippen LogP contribution < -0.4 is 10.1 Å². The summed E-state index contributed by atoms with van der Waals surface area (Å²) in [6.07, 6.45) is 1.57. The number of likely N-dealkylation sites (N-methyl/N-ethyl adjacent to an activating group) is 1. The topological polar surface area (TPSA) is 78.0 Å². The molecular formula is C17H27N5O3. The zero-order valence-electron chi connectivity index (χ0n) is 15.2. The zero-order valence-corrected chi connectivity index (χ0v) is 15.2. The van der Waals surface area contributed by atoms with Crippen LogP contribution in [0.2, 0.25) is 0 Å². The number of rotatable bonds is 6. The van der Waals surface area contributed by atoms with E-state index < -0.39 is 0 Å². The first-order valence-electron chi connectivity index (χ1n) is 8.63. The van der Waals surface area contributed by atoms with Gasteiger partial charge >= 0.3 is 6.03 Å². The van der Waals surface area contributed by atoms with Crippen molar-refractivity contribution in [2.24, 2.45) is 0 Å². The lowest BCUT2D eigenvalue weighted by Gasteiger charge is -2.35. The van der Waals surface area contributed by atoms with Crippen LogP contribution >= 0.6 is 0 Å². The maximum absolute atomic E-state index is 12.3. The number of methoxy groups -OCH3 is 1. The Bertz CT molecular complexity index is 566. The molecule has 2 rings (SSSR count). The fourth-order valence-corrected chi connectivity index (χ4v) is 2.75. The van der Waals surface area contributed by atoms with Gasteiger partial charge in [-0.1, -0.05) is 0 Å². The molecule has 8 heteroatoms. The molecule has 1 fully saturated rings. The van der Waals surface area contributed by atoms with Gasteiger partial charge < -0.3 is 19.9 Å². The summed E-state index contributed by atoms with van der Waals surface area (Å²) in [5, 5.41) is 2.83. The van der Waals surface area contributed by atoms with Gasteiger partial charge in [0.1, 0.15) is 0 Å². The van der Waals surface area contributed by atoms with E-state index in [1.165, 1.54) is 0 Å². The predicted octanol–water partition coefficient (Wildman–Crippen LogP) is 1.11. The maximum atomic E-state index is 12.3. The highest BCUT2D eigenvalue weighted by Gasteiger charge is 2.23. The lowest BCUT2D eigenvalue weighted by molar-refractivity contribution is -0.132. The molecule has 25 heavy (non-hydrogen) atoms. The largest absolute Gasteiger partial charge is 0.481 e.